The van der Waals surface area contributed by atoms with E-state index in [2.05, 4.69) is 4.72 Å². The Morgan fingerprint density at radius 1 is 1.14 bits per heavy atom. The zero-order chi connectivity index (χ0) is 15.3. The summed E-state index contributed by atoms with van der Waals surface area (Å²) in [6, 6.07) is 10.5. The lowest BCUT2D eigenvalue weighted by atomic mass is 10.1. The summed E-state index contributed by atoms with van der Waals surface area (Å²) in [6.07, 6.45) is 0.936. The number of nitrogens with one attached hydrogen (secondary N) is 1. The van der Waals surface area contributed by atoms with Gasteiger partial charge in [0.25, 0.3) is 0 Å². The molecule has 0 fully saturated rings. The number of hydrogen-bond acceptors (Lipinski definition) is 4. The third kappa shape index (κ3) is 3.93. The van der Waals surface area contributed by atoms with Gasteiger partial charge in [0, 0.05) is 6.54 Å². The van der Waals surface area contributed by atoms with Crippen LogP contribution in [-0.2, 0) is 10.0 Å². The molecule has 21 heavy (non-hydrogen) atoms. The van der Waals surface area contributed by atoms with Crippen molar-refractivity contribution in [3.05, 3.63) is 36.4 Å². The highest BCUT2D eigenvalue weighted by Crippen LogP contribution is 2.23. The van der Waals surface area contributed by atoms with E-state index in [1.54, 1.807) is 18.2 Å². The summed E-state index contributed by atoms with van der Waals surface area (Å²) < 4.78 is 31.9. The van der Waals surface area contributed by atoms with Crippen molar-refractivity contribution >= 4 is 20.8 Å². The second kappa shape index (κ2) is 6.89. The fourth-order valence-corrected chi connectivity index (χ4v) is 3.00. The van der Waals surface area contributed by atoms with E-state index in [1.165, 1.54) is 0 Å². The van der Waals surface area contributed by atoms with Crippen LogP contribution in [0.1, 0.15) is 13.3 Å². The van der Waals surface area contributed by atoms with Crippen molar-refractivity contribution in [2.75, 3.05) is 19.8 Å². The second-order valence-corrected chi connectivity index (χ2v) is 6.41. The zero-order valence-corrected chi connectivity index (χ0v) is 12.7. The monoisotopic (exact) mass is 309 g/mol. The Hall–Kier alpha value is -1.63. The lowest BCUT2D eigenvalue weighted by Crippen LogP contribution is -2.26. The van der Waals surface area contributed by atoms with Gasteiger partial charge in [-0.15, -0.1) is 0 Å². The first kappa shape index (κ1) is 15.8. The van der Waals surface area contributed by atoms with Gasteiger partial charge in [-0.2, -0.15) is 0 Å². The van der Waals surface area contributed by atoms with E-state index >= 15 is 0 Å². The number of sulfonamides is 1. The van der Waals surface area contributed by atoms with Gasteiger partial charge in [0.15, 0.2) is 0 Å². The molecule has 2 aromatic carbocycles. The number of fused-ring (bicyclic) bond motifs is 1. The number of rotatable bonds is 7. The molecule has 2 aromatic rings. The summed E-state index contributed by atoms with van der Waals surface area (Å²) in [4.78, 5) is 0.186. The molecule has 2 rings (SSSR count). The highest BCUT2D eigenvalue weighted by molar-refractivity contribution is 7.89. The molecule has 0 saturated heterocycles. The number of aliphatic hydroxyl groups is 1. The minimum atomic E-state index is -3.58. The Labute approximate surface area is 124 Å². The average molecular weight is 309 g/mol. The molecule has 0 spiro atoms. The molecule has 114 valence electrons. The highest BCUT2D eigenvalue weighted by atomic mass is 32.2. The van der Waals surface area contributed by atoms with Gasteiger partial charge in [-0.1, -0.05) is 19.1 Å². The van der Waals surface area contributed by atoms with E-state index in [0.29, 0.717) is 6.61 Å². The van der Waals surface area contributed by atoms with Crippen LogP contribution < -0.4 is 9.46 Å². The average Bonchev–Trinajstić information content (AvgIpc) is 2.50. The molecule has 0 aliphatic carbocycles. The van der Waals surface area contributed by atoms with Crippen LogP contribution in [0.4, 0.5) is 0 Å². The normalized spacial score (nSPS) is 11.7. The molecule has 0 heterocycles. The molecule has 0 aliphatic rings. The van der Waals surface area contributed by atoms with Crippen molar-refractivity contribution in [1.82, 2.24) is 4.72 Å². The molecule has 0 amide bonds. The summed E-state index contributed by atoms with van der Waals surface area (Å²) >= 11 is 0. The molecule has 0 atom stereocenters. The lowest BCUT2D eigenvalue weighted by molar-refractivity contribution is 0.301. The summed E-state index contributed by atoms with van der Waals surface area (Å²) in [5, 5.41) is 10.5. The van der Waals surface area contributed by atoms with Crippen LogP contribution >= 0.6 is 0 Å². The van der Waals surface area contributed by atoms with E-state index in [-0.39, 0.29) is 18.0 Å². The summed E-state index contributed by atoms with van der Waals surface area (Å²) in [5.74, 6) is 0.776. The maximum absolute atomic E-state index is 12.0. The molecule has 2 N–H and O–H groups in total. The van der Waals surface area contributed by atoms with Gasteiger partial charge >= 0.3 is 0 Å². The first-order chi connectivity index (χ1) is 10.1. The van der Waals surface area contributed by atoms with E-state index in [1.807, 2.05) is 25.1 Å². The van der Waals surface area contributed by atoms with Crippen molar-refractivity contribution < 1.29 is 18.3 Å². The third-order valence-electron chi connectivity index (χ3n) is 2.97. The Bertz CT molecular complexity index is 713. The Morgan fingerprint density at radius 3 is 2.57 bits per heavy atom. The van der Waals surface area contributed by atoms with Crippen LogP contribution in [0.5, 0.6) is 5.75 Å². The maximum Gasteiger partial charge on any atom is 0.240 e. The van der Waals surface area contributed by atoms with Crippen molar-refractivity contribution in [2.45, 2.75) is 18.2 Å². The quantitative estimate of drug-likeness (QED) is 0.819. The predicted molar refractivity (Wildman–Crippen MR) is 82.0 cm³/mol. The van der Waals surface area contributed by atoms with Crippen LogP contribution in [-0.4, -0.2) is 33.3 Å². The minimum absolute atomic E-state index is 0.00413. The molecular weight excluding hydrogens is 290 g/mol. The molecule has 0 radical (unpaired) electrons. The fraction of sp³-hybridized carbons (Fsp3) is 0.333. The molecule has 0 bridgehead atoms. The molecule has 0 unspecified atom stereocenters. The van der Waals surface area contributed by atoms with E-state index in [0.717, 1.165) is 22.9 Å². The summed E-state index contributed by atoms with van der Waals surface area (Å²) in [6.45, 7) is 2.47. The largest absolute Gasteiger partial charge is 0.494 e. The number of ether oxygens (including phenoxy) is 1. The Kier molecular flexibility index (Phi) is 5.17. The van der Waals surface area contributed by atoms with Gasteiger partial charge in [0.1, 0.15) is 5.75 Å². The SMILES string of the molecule is CCCOc1ccc2cc(S(=O)(=O)NCCO)ccc2c1. The predicted octanol–water partition coefficient (Wildman–Crippen LogP) is 1.90. The summed E-state index contributed by atoms with van der Waals surface area (Å²) in [7, 11) is -3.58. The van der Waals surface area contributed by atoms with Crippen LogP contribution in [0.15, 0.2) is 41.3 Å². The molecule has 0 aliphatic heterocycles. The van der Waals surface area contributed by atoms with Crippen LogP contribution in [0.25, 0.3) is 10.8 Å². The van der Waals surface area contributed by atoms with Crippen molar-refractivity contribution in [2.24, 2.45) is 0 Å². The third-order valence-corrected chi connectivity index (χ3v) is 4.43. The molecule has 0 aromatic heterocycles. The van der Waals surface area contributed by atoms with Crippen molar-refractivity contribution in [3.8, 4) is 5.75 Å². The number of aliphatic hydroxyl groups excluding tert-OH is 1. The molecular formula is C15H19NO4S. The number of hydrogen-bond donors (Lipinski definition) is 2. The fourth-order valence-electron chi connectivity index (χ4n) is 1.94. The minimum Gasteiger partial charge on any atom is -0.494 e. The Balaban J connectivity index is 2.30. The van der Waals surface area contributed by atoms with Gasteiger partial charge < -0.3 is 9.84 Å². The van der Waals surface area contributed by atoms with E-state index < -0.39 is 10.0 Å². The lowest BCUT2D eigenvalue weighted by Gasteiger charge is -2.08. The molecule has 5 nitrogen and oxygen atoms in total. The number of benzene rings is 2. The van der Waals surface area contributed by atoms with E-state index in [4.69, 9.17) is 9.84 Å². The van der Waals surface area contributed by atoms with Gasteiger partial charge in [-0.25, -0.2) is 13.1 Å². The van der Waals surface area contributed by atoms with Crippen molar-refractivity contribution in [1.29, 1.82) is 0 Å². The van der Waals surface area contributed by atoms with Crippen LogP contribution in [0.3, 0.4) is 0 Å². The second-order valence-electron chi connectivity index (χ2n) is 4.64. The molecule has 6 heteroatoms. The van der Waals surface area contributed by atoms with Gasteiger partial charge in [-0.3, -0.25) is 0 Å². The zero-order valence-electron chi connectivity index (χ0n) is 11.9. The topological polar surface area (TPSA) is 75.6 Å². The van der Waals surface area contributed by atoms with Gasteiger partial charge in [0.2, 0.25) is 10.0 Å². The highest BCUT2D eigenvalue weighted by Gasteiger charge is 2.13. The Morgan fingerprint density at radius 2 is 1.86 bits per heavy atom. The van der Waals surface area contributed by atoms with Crippen LogP contribution in [0.2, 0.25) is 0 Å². The summed E-state index contributed by atoms with van der Waals surface area (Å²) in [5.41, 5.74) is 0. The molecule has 0 saturated carbocycles. The van der Waals surface area contributed by atoms with Gasteiger partial charge in [-0.05, 0) is 41.5 Å². The van der Waals surface area contributed by atoms with Gasteiger partial charge in [0.05, 0.1) is 18.1 Å². The first-order valence-corrected chi connectivity index (χ1v) is 8.32. The van der Waals surface area contributed by atoms with Crippen LogP contribution in [0, 0.1) is 0 Å². The van der Waals surface area contributed by atoms with Crippen molar-refractivity contribution in [3.63, 3.8) is 0 Å². The van der Waals surface area contributed by atoms with E-state index in [9.17, 15) is 8.42 Å². The maximum atomic E-state index is 12.0. The first-order valence-electron chi connectivity index (χ1n) is 6.84. The standard InChI is InChI=1S/C15H19NO4S/c1-2-9-20-14-5-3-13-11-15(6-4-12(13)10-14)21(18,19)16-7-8-17/h3-6,10-11,16-17H,2,7-9H2,1H3. The smallest absolute Gasteiger partial charge is 0.240 e.